The van der Waals surface area contributed by atoms with Gasteiger partial charge in [0.2, 0.25) is 0 Å². The molecular formula is C68H114NO8+. The van der Waals surface area contributed by atoms with Gasteiger partial charge in [0.25, 0.3) is 6.29 Å². The SMILES string of the molecule is CC/C=C\C/C=C\C/C=C\C/C=C\C/C=C\CCCCCCCCCCCCCCCCCCCCCCCC(=O)OC(COC(=O)C/C=C\C/C=C\C/C=C\C/C=C\C/C=C\CC)COC(OCC[N+](C)(C)C)C(=O)O. The lowest BCUT2D eigenvalue weighted by atomic mass is 10.0. The quantitative estimate of drug-likeness (QED) is 0.0211. The van der Waals surface area contributed by atoms with Crippen LogP contribution in [0.15, 0.2) is 122 Å². The zero-order valence-corrected chi connectivity index (χ0v) is 49.8. The topological polar surface area (TPSA) is 108 Å². The molecule has 0 fully saturated rings. The van der Waals surface area contributed by atoms with E-state index in [1.54, 1.807) is 6.08 Å². The fourth-order valence-electron chi connectivity index (χ4n) is 8.11. The summed E-state index contributed by atoms with van der Waals surface area (Å²) >= 11 is 0. The first-order chi connectivity index (χ1) is 37.6. The van der Waals surface area contributed by atoms with Crippen LogP contribution in [-0.2, 0) is 33.3 Å². The van der Waals surface area contributed by atoms with Crippen molar-refractivity contribution in [3.8, 4) is 0 Å². The molecule has 0 aromatic rings. The van der Waals surface area contributed by atoms with E-state index in [1.165, 1.54) is 116 Å². The van der Waals surface area contributed by atoms with E-state index < -0.39 is 30.3 Å². The van der Waals surface area contributed by atoms with Crippen molar-refractivity contribution in [2.75, 3.05) is 47.5 Å². The molecule has 0 spiro atoms. The van der Waals surface area contributed by atoms with Gasteiger partial charge >= 0.3 is 17.9 Å². The fourth-order valence-corrected chi connectivity index (χ4v) is 8.11. The predicted octanol–water partition coefficient (Wildman–Crippen LogP) is 18.5. The minimum Gasteiger partial charge on any atom is -0.477 e. The highest BCUT2D eigenvalue weighted by Crippen LogP contribution is 2.16. The van der Waals surface area contributed by atoms with Crippen LogP contribution < -0.4 is 0 Å². The number of carbonyl (C=O) groups excluding carboxylic acids is 2. The summed E-state index contributed by atoms with van der Waals surface area (Å²) < 4.78 is 22.7. The average molecular weight is 1070 g/mol. The van der Waals surface area contributed by atoms with Crippen LogP contribution in [0.1, 0.15) is 232 Å². The number of rotatable bonds is 55. The zero-order valence-electron chi connectivity index (χ0n) is 49.8. The maximum atomic E-state index is 12.9. The lowest BCUT2D eigenvalue weighted by Gasteiger charge is -2.25. The molecule has 0 radical (unpaired) electrons. The molecule has 0 saturated carbocycles. The summed E-state index contributed by atoms with van der Waals surface area (Å²) in [7, 11) is 5.94. The van der Waals surface area contributed by atoms with Crippen LogP contribution in [0, 0.1) is 0 Å². The van der Waals surface area contributed by atoms with E-state index in [0.717, 1.165) is 77.0 Å². The number of carbonyl (C=O) groups is 3. The number of likely N-dealkylation sites (N-methyl/N-ethyl adjacent to an activating group) is 1. The second-order valence-electron chi connectivity index (χ2n) is 21.3. The molecule has 0 aliphatic heterocycles. The molecular weight excluding hydrogens is 959 g/mol. The Morgan fingerprint density at radius 2 is 0.740 bits per heavy atom. The molecule has 2 atom stereocenters. The molecule has 0 aliphatic rings. The molecule has 0 rings (SSSR count). The number of nitrogens with zero attached hydrogens (tertiary/aromatic N) is 1. The van der Waals surface area contributed by atoms with E-state index in [2.05, 4.69) is 123 Å². The van der Waals surface area contributed by atoms with Crippen LogP contribution in [0.2, 0.25) is 0 Å². The number of esters is 2. The molecule has 2 unspecified atom stereocenters. The first kappa shape index (κ1) is 72.7. The van der Waals surface area contributed by atoms with Crippen LogP contribution in [0.4, 0.5) is 0 Å². The smallest absolute Gasteiger partial charge is 0.361 e. The minimum atomic E-state index is -1.53. The zero-order chi connectivity index (χ0) is 56.2. The van der Waals surface area contributed by atoms with Gasteiger partial charge < -0.3 is 28.5 Å². The van der Waals surface area contributed by atoms with E-state index in [1.807, 2.05) is 27.2 Å². The first-order valence-corrected chi connectivity index (χ1v) is 30.7. The van der Waals surface area contributed by atoms with E-state index in [4.69, 9.17) is 18.9 Å². The summed E-state index contributed by atoms with van der Waals surface area (Å²) in [6.07, 6.45) is 79.1. The van der Waals surface area contributed by atoms with Crippen molar-refractivity contribution >= 4 is 17.9 Å². The second-order valence-corrected chi connectivity index (χ2v) is 21.3. The molecule has 0 amide bonds. The predicted molar refractivity (Wildman–Crippen MR) is 327 cm³/mol. The molecule has 9 heteroatoms. The first-order valence-electron chi connectivity index (χ1n) is 30.7. The van der Waals surface area contributed by atoms with Crippen molar-refractivity contribution in [1.82, 2.24) is 0 Å². The van der Waals surface area contributed by atoms with Gasteiger partial charge in [0.05, 0.1) is 40.8 Å². The maximum Gasteiger partial charge on any atom is 0.361 e. The van der Waals surface area contributed by atoms with Crippen LogP contribution in [0.25, 0.3) is 0 Å². The highest BCUT2D eigenvalue weighted by atomic mass is 16.7. The van der Waals surface area contributed by atoms with Gasteiger partial charge in [-0.2, -0.15) is 0 Å². The average Bonchev–Trinajstić information content (AvgIpc) is 3.40. The number of ether oxygens (including phenoxy) is 4. The molecule has 0 aliphatic carbocycles. The summed E-state index contributed by atoms with van der Waals surface area (Å²) in [5.74, 6) is -2.17. The van der Waals surface area contributed by atoms with Crippen LogP contribution in [0.3, 0.4) is 0 Å². The summed E-state index contributed by atoms with van der Waals surface area (Å²) in [6.45, 7) is 4.53. The fraction of sp³-hybridized carbons (Fsp3) is 0.662. The molecule has 77 heavy (non-hydrogen) atoms. The Balaban J connectivity index is 4.10. The summed E-state index contributed by atoms with van der Waals surface area (Å²) in [4.78, 5) is 37.3. The molecule has 438 valence electrons. The van der Waals surface area contributed by atoms with Crippen molar-refractivity contribution < 1.29 is 42.9 Å². The van der Waals surface area contributed by atoms with Crippen molar-refractivity contribution in [3.05, 3.63) is 122 Å². The summed E-state index contributed by atoms with van der Waals surface area (Å²) in [5.41, 5.74) is 0. The third-order valence-electron chi connectivity index (χ3n) is 12.7. The maximum absolute atomic E-state index is 12.9. The van der Waals surface area contributed by atoms with Crippen molar-refractivity contribution in [1.29, 1.82) is 0 Å². The number of hydrogen-bond acceptors (Lipinski definition) is 7. The number of quaternary nitrogens is 1. The minimum absolute atomic E-state index is 0.0665. The number of allylic oxidation sites excluding steroid dienone is 19. The Bertz CT molecular complexity index is 1670. The standard InChI is InChI=1S/C68H113NO8/c1-6-8-10-12-14-16-18-20-22-23-24-25-26-27-28-29-30-31-32-33-34-35-36-37-38-39-40-41-42-43-45-47-49-51-53-55-57-59-66(71)77-64(63-76-68(67(72)73)74-61-60-69(3,4)5)62-75-65(70)58-56-54-52-50-48-46-44-21-19-17-15-13-11-9-7-2/h8-11,14-17,20-22,24-25,27-28,44,48,50,54,56,64,68H,6-7,12-13,18-19,23,26,29-43,45-47,49,51-53,55,57-63H2,1-5H3/p+1/b10-8-,11-9-,16-14-,17-15-,22-20-,25-24-,28-27-,44-21-,50-48-,56-54-. The largest absolute Gasteiger partial charge is 0.477 e. The molecule has 0 saturated heterocycles. The second kappa shape index (κ2) is 57.9. The molecule has 9 nitrogen and oxygen atoms in total. The van der Waals surface area contributed by atoms with Gasteiger partial charge in [0.15, 0.2) is 6.10 Å². The van der Waals surface area contributed by atoms with Gasteiger partial charge in [0.1, 0.15) is 13.2 Å². The van der Waals surface area contributed by atoms with E-state index in [-0.39, 0.29) is 32.7 Å². The summed E-state index contributed by atoms with van der Waals surface area (Å²) in [5, 5.41) is 9.69. The van der Waals surface area contributed by atoms with Crippen LogP contribution in [-0.4, -0.2) is 87.4 Å². The van der Waals surface area contributed by atoms with Gasteiger partial charge in [-0.1, -0.05) is 257 Å². The van der Waals surface area contributed by atoms with Gasteiger partial charge in [-0.25, -0.2) is 4.79 Å². The number of carboxylic acids is 1. The van der Waals surface area contributed by atoms with Gasteiger partial charge in [-0.05, 0) is 83.5 Å². The van der Waals surface area contributed by atoms with Crippen LogP contribution in [0.5, 0.6) is 0 Å². The lowest BCUT2D eigenvalue weighted by molar-refractivity contribution is -0.870. The molecule has 0 aromatic heterocycles. The number of unbranched alkanes of at least 4 members (excludes halogenated alkanes) is 21. The van der Waals surface area contributed by atoms with E-state index in [0.29, 0.717) is 23.9 Å². The third-order valence-corrected chi connectivity index (χ3v) is 12.7. The highest BCUT2D eigenvalue weighted by Gasteiger charge is 2.25. The van der Waals surface area contributed by atoms with Crippen LogP contribution >= 0.6 is 0 Å². The van der Waals surface area contributed by atoms with Gasteiger partial charge in [-0.15, -0.1) is 0 Å². The van der Waals surface area contributed by atoms with Gasteiger partial charge in [0, 0.05) is 6.42 Å². The third kappa shape index (κ3) is 59.2. The Labute approximate surface area is 472 Å². The number of hydrogen-bond donors (Lipinski definition) is 1. The highest BCUT2D eigenvalue weighted by molar-refractivity contribution is 5.72. The van der Waals surface area contributed by atoms with Gasteiger partial charge in [-0.3, -0.25) is 9.59 Å². The van der Waals surface area contributed by atoms with E-state index in [9.17, 15) is 19.5 Å². The Morgan fingerprint density at radius 1 is 0.403 bits per heavy atom. The van der Waals surface area contributed by atoms with Crippen molar-refractivity contribution in [3.63, 3.8) is 0 Å². The van der Waals surface area contributed by atoms with Crippen molar-refractivity contribution in [2.24, 2.45) is 0 Å². The monoisotopic (exact) mass is 1070 g/mol. The molecule has 1 N–H and O–H groups in total. The number of carboxylic acid groups (broad SMARTS) is 1. The Kier molecular flexibility index (Phi) is 54.6. The molecule has 0 bridgehead atoms. The lowest BCUT2D eigenvalue weighted by Crippen LogP contribution is -2.40. The Hall–Kier alpha value is -4.31. The van der Waals surface area contributed by atoms with E-state index >= 15 is 0 Å². The molecule has 0 heterocycles. The Morgan fingerprint density at radius 3 is 1.10 bits per heavy atom. The normalized spacial score (nSPS) is 13.6. The van der Waals surface area contributed by atoms with Crippen molar-refractivity contribution in [2.45, 2.75) is 245 Å². The summed E-state index contributed by atoms with van der Waals surface area (Å²) in [6, 6.07) is 0. The number of aliphatic carboxylic acids is 1. The molecule has 0 aromatic carbocycles.